The van der Waals surface area contributed by atoms with Crippen LogP contribution in [0.25, 0.3) is 55.4 Å². The number of aromatic nitrogens is 1. The normalized spacial score (nSPS) is 11.9. The molecule has 6 rings (SSSR count). The molecule has 4 heteroatoms. The van der Waals surface area contributed by atoms with Crippen LogP contribution in [0.4, 0.5) is 4.39 Å². The van der Waals surface area contributed by atoms with Crippen molar-refractivity contribution >= 4 is 39.6 Å². The van der Waals surface area contributed by atoms with Crippen LogP contribution in [0, 0.1) is 12.7 Å². The molecule has 0 aliphatic rings. The number of aryl methyl sites for hydroxylation is 2. The Hall–Kier alpha value is -3.70. The van der Waals surface area contributed by atoms with Gasteiger partial charge in [0.15, 0.2) is 0 Å². The van der Waals surface area contributed by atoms with Gasteiger partial charge in [-0.3, -0.25) is 0 Å². The van der Waals surface area contributed by atoms with Crippen molar-refractivity contribution in [2.24, 2.45) is 7.05 Å². The molecule has 0 fully saturated rings. The number of fused-ring (bicyclic) bond motifs is 3. The Labute approximate surface area is 225 Å². The van der Waals surface area contributed by atoms with Gasteiger partial charge in [0.1, 0.15) is 0 Å². The molecule has 0 unspecified atom stereocenters. The molecule has 0 bridgehead atoms. The summed E-state index contributed by atoms with van der Waals surface area (Å²) in [7, 11) is 2.05. The zero-order valence-corrected chi connectivity index (χ0v) is 24.6. The Morgan fingerprint density at radius 1 is 0.711 bits per heavy atom. The van der Waals surface area contributed by atoms with Crippen LogP contribution < -0.4 is 8.96 Å². The molecule has 0 amide bonds. The molecule has 0 N–H and O–H groups in total. The first kappa shape index (κ1) is 24.6. The van der Waals surface area contributed by atoms with E-state index in [2.05, 4.69) is 71.2 Å². The fourth-order valence-corrected chi connectivity index (χ4v) is 8.77. The third-order valence-corrected chi connectivity index (χ3v) is 11.7. The summed E-state index contributed by atoms with van der Waals surface area (Å²) in [6.45, 7) is 2.11. The molecule has 2 heterocycles. The fourth-order valence-electron chi connectivity index (χ4n) is 5.50. The van der Waals surface area contributed by atoms with E-state index >= 15 is 4.39 Å². The molecular formula is C34H31FGeNO+. The standard InChI is InChI=1S/C34H31FGeNO/c1-22-14-19-26-32-28(36(2,3)4)21-27(35)31(25-17-15-24(16-18-25)23-11-7-6-8-12-23)34(32)38-33(26)30(22)29-13-9-10-20-37(29)5/h6-21H,1-5H3/q+1. The van der Waals surface area contributed by atoms with Gasteiger partial charge in [0.2, 0.25) is 0 Å². The number of benzene rings is 4. The molecule has 0 atom stereocenters. The van der Waals surface area contributed by atoms with Gasteiger partial charge in [0.05, 0.1) is 0 Å². The third-order valence-electron chi connectivity index (χ3n) is 7.47. The van der Waals surface area contributed by atoms with Crippen LogP contribution >= 0.6 is 0 Å². The number of pyridine rings is 1. The molecule has 2 nitrogen and oxygen atoms in total. The van der Waals surface area contributed by atoms with E-state index in [0.717, 1.165) is 54.3 Å². The SMILES string of the molecule is Cc1ccc2c(oc3c(-c4ccc(-c5ccccc5)cc4)c(F)c[c]([Ge]([CH3])([CH3])[CH3])c32)c1-c1cccc[n+]1C. The van der Waals surface area contributed by atoms with E-state index in [1.54, 1.807) is 6.07 Å². The summed E-state index contributed by atoms with van der Waals surface area (Å²) >= 11 is -2.49. The number of furan rings is 1. The van der Waals surface area contributed by atoms with Crippen molar-refractivity contribution in [3.63, 3.8) is 0 Å². The quantitative estimate of drug-likeness (QED) is 0.156. The summed E-state index contributed by atoms with van der Waals surface area (Å²) in [5.74, 6) is 6.72. The van der Waals surface area contributed by atoms with Crippen molar-refractivity contribution in [2.75, 3.05) is 0 Å². The Morgan fingerprint density at radius 3 is 2.05 bits per heavy atom. The summed E-state index contributed by atoms with van der Waals surface area (Å²) in [5, 5.41) is 2.12. The van der Waals surface area contributed by atoms with Gasteiger partial charge in [-0.05, 0) is 0 Å². The number of hydrogen-bond donors (Lipinski definition) is 0. The molecule has 2 aromatic heterocycles. The molecule has 188 valence electrons. The first-order valence-electron chi connectivity index (χ1n) is 13.0. The second-order valence-corrected chi connectivity index (χ2v) is 21.7. The first-order valence-corrected chi connectivity index (χ1v) is 20.4. The van der Waals surface area contributed by atoms with E-state index in [0.29, 0.717) is 11.1 Å². The van der Waals surface area contributed by atoms with Crippen molar-refractivity contribution in [3.05, 3.63) is 109 Å². The second-order valence-electron chi connectivity index (χ2n) is 11.1. The van der Waals surface area contributed by atoms with Crippen molar-refractivity contribution in [1.82, 2.24) is 0 Å². The first-order chi connectivity index (χ1) is 18.2. The van der Waals surface area contributed by atoms with Crippen LogP contribution in [0.1, 0.15) is 5.56 Å². The minimum atomic E-state index is -2.49. The van der Waals surface area contributed by atoms with E-state index in [1.807, 2.05) is 55.7 Å². The Kier molecular flexibility index (Phi) is 5.99. The summed E-state index contributed by atoms with van der Waals surface area (Å²) < 4.78 is 26.1. The second kappa shape index (κ2) is 9.25. The van der Waals surface area contributed by atoms with Crippen molar-refractivity contribution in [2.45, 2.75) is 24.2 Å². The van der Waals surface area contributed by atoms with Gasteiger partial charge in [-0.25, -0.2) is 0 Å². The summed E-state index contributed by atoms with van der Waals surface area (Å²) in [5.41, 5.74) is 8.33. The molecule has 0 radical (unpaired) electrons. The van der Waals surface area contributed by atoms with Gasteiger partial charge in [-0.2, -0.15) is 0 Å². The molecule has 0 aliphatic heterocycles. The van der Waals surface area contributed by atoms with E-state index in [4.69, 9.17) is 4.42 Å². The van der Waals surface area contributed by atoms with E-state index in [1.165, 1.54) is 0 Å². The maximum absolute atomic E-state index is 16.1. The van der Waals surface area contributed by atoms with Crippen LogP contribution in [0.15, 0.2) is 102 Å². The van der Waals surface area contributed by atoms with Crippen LogP contribution in [0.5, 0.6) is 0 Å². The Morgan fingerprint density at radius 2 is 1.37 bits per heavy atom. The van der Waals surface area contributed by atoms with E-state index in [9.17, 15) is 0 Å². The maximum atomic E-state index is 16.1. The van der Waals surface area contributed by atoms with Gasteiger partial charge < -0.3 is 0 Å². The van der Waals surface area contributed by atoms with Crippen LogP contribution in [0.2, 0.25) is 17.3 Å². The molecule has 0 aliphatic carbocycles. The molecule has 0 saturated carbocycles. The van der Waals surface area contributed by atoms with E-state index < -0.39 is 13.3 Å². The third kappa shape index (κ3) is 4.06. The van der Waals surface area contributed by atoms with Crippen LogP contribution in [-0.2, 0) is 7.05 Å². The molecule has 4 aromatic carbocycles. The predicted molar refractivity (Wildman–Crippen MR) is 159 cm³/mol. The van der Waals surface area contributed by atoms with E-state index in [-0.39, 0.29) is 5.82 Å². The topological polar surface area (TPSA) is 17.0 Å². The fraction of sp³-hybridized carbons (Fsp3) is 0.147. The zero-order chi connectivity index (χ0) is 26.6. The predicted octanol–water partition coefficient (Wildman–Crippen LogP) is 8.40. The number of halogens is 1. The van der Waals surface area contributed by atoms with Crippen LogP contribution in [0.3, 0.4) is 0 Å². The zero-order valence-electron chi connectivity index (χ0n) is 22.5. The average molecular weight is 561 g/mol. The van der Waals surface area contributed by atoms with Gasteiger partial charge >= 0.3 is 226 Å². The average Bonchev–Trinajstić information content (AvgIpc) is 3.28. The monoisotopic (exact) mass is 562 g/mol. The molecule has 0 saturated heterocycles. The molecule has 38 heavy (non-hydrogen) atoms. The minimum absolute atomic E-state index is 0.219. The number of rotatable bonds is 4. The van der Waals surface area contributed by atoms with Gasteiger partial charge in [0, 0.05) is 0 Å². The van der Waals surface area contributed by atoms with Crippen molar-refractivity contribution in [1.29, 1.82) is 0 Å². The Balaban J connectivity index is 1.67. The van der Waals surface area contributed by atoms with Crippen LogP contribution in [-0.4, -0.2) is 13.3 Å². The molecular weight excluding hydrogens is 530 g/mol. The Bertz CT molecular complexity index is 1810. The summed E-state index contributed by atoms with van der Waals surface area (Å²) in [6, 6.07) is 30.7. The molecule has 0 spiro atoms. The molecule has 6 aromatic rings. The summed E-state index contributed by atoms with van der Waals surface area (Å²) in [6.07, 6.45) is 2.05. The van der Waals surface area contributed by atoms with Crippen molar-refractivity contribution < 1.29 is 13.4 Å². The van der Waals surface area contributed by atoms with Gasteiger partial charge in [0.25, 0.3) is 0 Å². The number of hydrogen-bond acceptors (Lipinski definition) is 1. The van der Waals surface area contributed by atoms with Gasteiger partial charge in [-0.1, -0.05) is 0 Å². The van der Waals surface area contributed by atoms with Gasteiger partial charge in [-0.15, -0.1) is 0 Å². The number of nitrogens with zero attached hydrogens (tertiary/aromatic N) is 1. The van der Waals surface area contributed by atoms with Crippen molar-refractivity contribution in [3.8, 4) is 33.5 Å². The summed E-state index contributed by atoms with van der Waals surface area (Å²) in [4.78, 5) is 0.